The molecule has 3 heterocycles. The molecule has 0 saturated carbocycles. The van der Waals surface area contributed by atoms with Gasteiger partial charge < -0.3 is 9.64 Å². The number of carbonyl (C=O) groups excluding carboxylic acids is 1. The van der Waals surface area contributed by atoms with Gasteiger partial charge in [0.25, 0.3) is 5.91 Å². The molecular weight excluding hydrogens is 320 g/mol. The number of ether oxygens (including phenoxy) is 1. The third-order valence-electron chi connectivity index (χ3n) is 5.57. The largest absolute Gasteiger partial charge is 0.377 e. The Balaban J connectivity index is 1.35. The predicted octanol–water partition coefficient (Wildman–Crippen LogP) is 2.95. The summed E-state index contributed by atoms with van der Waals surface area (Å²) in [6, 6.07) is 2.18. The Morgan fingerprint density at radius 3 is 2.88 bits per heavy atom. The van der Waals surface area contributed by atoms with Crippen molar-refractivity contribution in [2.45, 2.75) is 51.0 Å². The van der Waals surface area contributed by atoms with Crippen LogP contribution < -0.4 is 0 Å². The second-order valence-electron chi connectivity index (χ2n) is 7.35. The summed E-state index contributed by atoms with van der Waals surface area (Å²) in [7, 11) is 0. The molecule has 5 heteroatoms. The van der Waals surface area contributed by atoms with Gasteiger partial charge in [-0.3, -0.25) is 9.69 Å². The van der Waals surface area contributed by atoms with Gasteiger partial charge >= 0.3 is 0 Å². The van der Waals surface area contributed by atoms with Gasteiger partial charge in [-0.05, 0) is 63.1 Å². The first-order chi connectivity index (χ1) is 11.8. The summed E-state index contributed by atoms with van der Waals surface area (Å²) in [5.41, 5.74) is 1.43. The summed E-state index contributed by atoms with van der Waals surface area (Å²) in [4.78, 5) is 19.9. The SMILES string of the molecule is O=C(c1cc2c(s1)CCCC2)N1CCCN(C[C@@H]2CCCO2)CC1. The van der Waals surface area contributed by atoms with Crippen LogP contribution in [0.5, 0.6) is 0 Å². The van der Waals surface area contributed by atoms with Crippen molar-refractivity contribution < 1.29 is 9.53 Å². The van der Waals surface area contributed by atoms with E-state index in [1.807, 2.05) is 0 Å². The van der Waals surface area contributed by atoms with Crippen molar-refractivity contribution in [1.82, 2.24) is 9.80 Å². The van der Waals surface area contributed by atoms with Gasteiger partial charge in [0.15, 0.2) is 0 Å². The lowest BCUT2D eigenvalue weighted by Crippen LogP contribution is -2.37. The van der Waals surface area contributed by atoms with E-state index in [4.69, 9.17) is 4.74 Å². The lowest BCUT2D eigenvalue weighted by atomic mass is 9.99. The van der Waals surface area contributed by atoms with Gasteiger partial charge in [0.05, 0.1) is 11.0 Å². The van der Waals surface area contributed by atoms with Gasteiger partial charge in [0, 0.05) is 37.7 Å². The van der Waals surface area contributed by atoms with E-state index < -0.39 is 0 Å². The smallest absolute Gasteiger partial charge is 0.263 e. The van der Waals surface area contributed by atoms with Gasteiger partial charge in [0.2, 0.25) is 0 Å². The average molecular weight is 349 g/mol. The molecule has 0 radical (unpaired) electrons. The Bertz CT molecular complexity index is 556. The Morgan fingerprint density at radius 1 is 1.12 bits per heavy atom. The van der Waals surface area contributed by atoms with E-state index in [-0.39, 0.29) is 5.91 Å². The third-order valence-corrected chi connectivity index (χ3v) is 6.79. The van der Waals surface area contributed by atoms with Gasteiger partial charge in [-0.15, -0.1) is 11.3 Å². The molecule has 0 N–H and O–H groups in total. The van der Waals surface area contributed by atoms with Crippen molar-refractivity contribution in [3.8, 4) is 0 Å². The maximum atomic E-state index is 12.9. The lowest BCUT2D eigenvalue weighted by Gasteiger charge is -2.23. The third kappa shape index (κ3) is 3.68. The highest BCUT2D eigenvalue weighted by Crippen LogP contribution is 2.30. The number of carbonyl (C=O) groups is 1. The van der Waals surface area contributed by atoms with Crippen LogP contribution in [0.1, 0.15) is 52.2 Å². The zero-order valence-electron chi connectivity index (χ0n) is 14.5. The maximum Gasteiger partial charge on any atom is 0.263 e. The molecule has 2 saturated heterocycles. The molecule has 1 atom stereocenters. The molecule has 1 aromatic rings. The van der Waals surface area contributed by atoms with Gasteiger partial charge in [0.1, 0.15) is 0 Å². The van der Waals surface area contributed by atoms with Crippen LogP contribution in [-0.4, -0.2) is 61.1 Å². The quantitative estimate of drug-likeness (QED) is 0.842. The lowest BCUT2D eigenvalue weighted by molar-refractivity contribution is 0.0706. The molecular formula is C19H28N2O2S. The van der Waals surface area contributed by atoms with Crippen molar-refractivity contribution in [2.24, 2.45) is 0 Å². The summed E-state index contributed by atoms with van der Waals surface area (Å²) in [5, 5.41) is 0. The first-order valence-corrected chi connectivity index (χ1v) is 10.4. The monoisotopic (exact) mass is 348 g/mol. The van der Waals surface area contributed by atoms with E-state index >= 15 is 0 Å². The number of nitrogens with zero attached hydrogens (tertiary/aromatic N) is 2. The summed E-state index contributed by atoms with van der Waals surface area (Å²) in [5.74, 6) is 0.258. The van der Waals surface area contributed by atoms with Gasteiger partial charge in [-0.25, -0.2) is 0 Å². The summed E-state index contributed by atoms with van der Waals surface area (Å²) >= 11 is 1.75. The average Bonchev–Trinajstić information content (AvgIpc) is 3.20. The van der Waals surface area contributed by atoms with Crippen LogP contribution in [-0.2, 0) is 17.6 Å². The van der Waals surface area contributed by atoms with Crippen LogP contribution >= 0.6 is 11.3 Å². The van der Waals surface area contributed by atoms with Gasteiger partial charge in [-0.2, -0.15) is 0 Å². The second kappa shape index (κ2) is 7.54. The van der Waals surface area contributed by atoms with E-state index in [0.29, 0.717) is 6.10 Å². The summed E-state index contributed by atoms with van der Waals surface area (Å²) in [6.07, 6.45) is 8.77. The summed E-state index contributed by atoms with van der Waals surface area (Å²) in [6.45, 7) is 5.78. The molecule has 2 aliphatic heterocycles. The Morgan fingerprint density at radius 2 is 2.04 bits per heavy atom. The highest BCUT2D eigenvalue weighted by atomic mass is 32.1. The Hall–Kier alpha value is -0.910. The minimum Gasteiger partial charge on any atom is -0.377 e. The van der Waals surface area contributed by atoms with E-state index in [0.717, 1.165) is 57.0 Å². The van der Waals surface area contributed by atoms with E-state index in [2.05, 4.69) is 15.9 Å². The first kappa shape index (κ1) is 16.6. The number of aryl methyl sites for hydroxylation is 2. The number of rotatable bonds is 3. The fourth-order valence-electron chi connectivity index (χ4n) is 4.18. The van der Waals surface area contributed by atoms with Crippen LogP contribution in [0.25, 0.3) is 0 Å². The van der Waals surface area contributed by atoms with Crippen LogP contribution in [0.4, 0.5) is 0 Å². The van der Waals surface area contributed by atoms with Crippen molar-refractivity contribution in [1.29, 1.82) is 0 Å². The van der Waals surface area contributed by atoms with Crippen molar-refractivity contribution in [2.75, 3.05) is 39.3 Å². The normalized spacial score (nSPS) is 25.5. The zero-order chi connectivity index (χ0) is 16.4. The zero-order valence-corrected chi connectivity index (χ0v) is 15.3. The molecule has 0 bridgehead atoms. The highest BCUT2D eigenvalue weighted by Gasteiger charge is 2.25. The number of amides is 1. The fourth-order valence-corrected chi connectivity index (χ4v) is 5.41. The maximum absolute atomic E-state index is 12.9. The van der Waals surface area contributed by atoms with E-state index in [1.54, 1.807) is 11.3 Å². The number of hydrogen-bond acceptors (Lipinski definition) is 4. The fraction of sp³-hybridized carbons (Fsp3) is 0.737. The van der Waals surface area contributed by atoms with E-state index in [1.165, 1.54) is 42.5 Å². The Kier molecular flexibility index (Phi) is 5.20. The van der Waals surface area contributed by atoms with Crippen molar-refractivity contribution in [3.63, 3.8) is 0 Å². The molecule has 24 heavy (non-hydrogen) atoms. The van der Waals surface area contributed by atoms with Crippen molar-refractivity contribution in [3.05, 3.63) is 21.4 Å². The number of fused-ring (bicyclic) bond motifs is 1. The molecule has 1 aliphatic carbocycles. The molecule has 0 spiro atoms. The molecule has 4 nitrogen and oxygen atoms in total. The molecule has 1 aromatic heterocycles. The topological polar surface area (TPSA) is 32.8 Å². The van der Waals surface area contributed by atoms with Crippen LogP contribution in [0, 0.1) is 0 Å². The minimum atomic E-state index is 0.258. The second-order valence-corrected chi connectivity index (χ2v) is 8.48. The number of hydrogen-bond donors (Lipinski definition) is 0. The Labute approximate surface area is 148 Å². The van der Waals surface area contributed by atoms with E-state index in [9.17, 15) is 4.79 Å². The molecule has 2 fully saturated rings. The number of thiophene rings is 1. The molecule has 4 rings (SSSR count). The van der Waals surface area contributed by atoms with Crippen molar-refractivity contribution >= 4 is 17.2 Å². The highest BCUT2D eigenvalue weighted by molar-refractivity contribution is 7.14. The molecule has 132 valence electrons. The molecule has 0 aromatic carbocycles. The van der Waals surface area contributed by atoms with Crippen LogP contribution in [0.2, 0.25) is 0 Å². The first-order valence-electron chi connectivity index (χ1n) is 9.54. The standard InChI is InChI=1S/C19H28N2O2S/c22-19(18-13-15-5-1-2-7-17(15)24-18)21-9-4-8-20(10-11-21)14-16-6-3-12-23-16/h13,16H,1-12,14H2/t16-/m0/s1. The molecule has 3 aliphatic rings. The molecule has 1 amide bonds. The minimum absolute atomic E-state index is 0.258. The van der Waals surface area contributed by atoms with Crippen LogP contribution in [0.3, 0.4) is 0 Å². The van der Waals surface area contributed by atoms with Gasteiger partial charge in [-0.1, -0.05) is 0 Å². The van der Waals surface area contributed by atoms with Crippen LogP contribution in [0.15, 0.2) is 6.07 Å². The predicted molar refractivity (Wildman–Crippen MR) is 96.9 cm³/mol. The summed E-state index contributed by atoms with van der Waals surface area (Å²) < 4.78 is 5.77. The molecule has 0 unspecified atom stereocenters.